The van der Waals surface area contributed by atoms with Gasteiger partial charge in [-0.25, -0.2) is 4.79 Å². The maximum absolute atomic E-state index is 12.0. The highest BCUT2D eigenvalue weighted by Crippen LogP contribution is 2.23. The van der Waals surface area contributed by atoms with Crippen LogP contribution >= 0.6 is 11.5 Å². The Morgan fingerprint density at radius 1 is 1.50 bits per heavy atom. The van der Waals surface area contributed by atoms with E-state index in [2.05, 4.69) is 15.0 Å². The molecule has 0 aromatic carbocycles. The van der Waals surface area contributed by atoms with E-state index in [0.29, 0.717) is 29.1 Å². The number of nitrogens with zero attached hydrogens (tertiary/aromatic N) is 1. The van der Waals surface area contributed by atoms with E-state index in [0.717, 1.165) is 0 Å². The minimum atomic E-state index is -1.02. The van der Waals surface area contributed by atoms with Gasteiger partial charge in [0.25, 0.3) is 5.91 Å². The third kappa shape index (κ3) is 3.19. The fourth-order valence-corrected chi connectivity index (χ4v) is 2.33. The highest BCUT2D eigenvalue weighted by atomic mass is 32.1. The maximum Gasteiger partial charge on any atom is 0.326 e. The molecule has 0 aliphatic rings. The lowest BCUT2D eigenvalue weighted by Crippen LogP contribution is -2.40. The van der Waals surface area contributed by atoms with Crippen molar-refractivity contribution in [2.24, 2.45) is 0 Å². The van der Waals surface area contributed by atoms with E-state index in [1.54, 1.807) is 14.0 Å². The molecule has 0 fully saturated rings. The summed E-state index contributed by atoms with van der Waals surface area (Å²) < 4.78 is 4.08. The summed E-state index contributed by atoms with van der Waals surface area (Å²) in [5.41, 5.74) is 1.02. The average molecular weight is 271 g/mol. The lowest BCUT2D eigenvalue weighted by atomic mass is 10.1. The Kier molecular flexibility index (Phi) is 5.08. The second kappa shape index (κ2) is 6.34. The number of carboxylic acids is 1. The van der Waals surface area contributed by atoms with Crippen molar-refractivity contribution in [1.82, 2.24) is 9.69 Å². The van der Waals surface area contributed by atoms with Gasteiger partial charge in [-0.1, -0.05) is 13.3 Å². The van der Waals surface area contributed by atoms with Crippen molar-refractivity contribution in [2.45, 2.75) is 32.7 Å². The molecular formula is C11H17N3O3S. The summed E-state index contributed by atoms with van der Waals surface area (Å²) in [6.07, 6.45) is 1.10. The van der Waals surface area contributed by atoms with E-state index < -0.39 is 17.9 Å². The Morgan fingerprint density at radius 2 is 2.17 bits per heavy atom. The van der Waals surface area contributed by atoms with Gasteiger partial charge in [0.15, 0.2) is 0 Å². The van der Waals surface area contributed by atoms with Gasteiger partial charge in [-0.15, -0.1) is 0 Å². The highest BCUT2D eigenvalue weighted by Gasteiger charge is 2.23. The number of carbonyl (C=O) groups excluding carboxylic acids is 1. The van der Waals surface area contributed by atoms with E-state index in [-0.39, 0.29) is 0 Å². The van der Waals surface area contributed by atoms with Crippen LogP contribution in [0.25, 0.3) is 0 Å². The van der Waals surface area contributed by atoms with Crippen LogP contribution in [0.4, 0.5) is 5.00 Å². The summed E-state index contributed by atoms with van der Waals surface area (Å²) in [5, 5.41) is 15.1. The zero-order valence-electron chi connectivity index (χ0n) is 10.6. The smallest absolute Gasteiger partial charge is 0.326 e. The Labute approximate surface area is 110 Å². The van der Waals surface area contributed by atoms with Gasteiger partial charge in [-0.3, -0.25) is 4.79 Å². The third-order valence-electron chi connectivity index (χ3n) is 2.50. The van der Waals surface area contributed by atoms with Crippen LogP contribution in [0.1, 0.15) is 35.8 Å². The summed E-state index contributed by atoms with van der Waals surface area (Å²) in [5.74, 6) is -1.41. The molecule has 1 heterocycles. The van der Waals surface area contributed by atoms with Gasteiger partial charge in [0.1, 0.15) is 11.0 Å². The number of rotatable bonds is 6. The van der Waals surface area contributed by atoms with Crippen molar-refractivity contribution >= 4 is 28.4 Å². The van der Waals surface area contributed by atoms with Crippen LogP contribution in [-0.4, -0.2) is 34.4 Å². The van der Waals surface area contributed by atoms with Crippen LogP contribution in [-0.2, 0) is 4.79 Å². The summed E-state index contributed by atoms with van der Waals surface area (Å²) >= 11 is 1.18. The van der Waals surface area contributed by atoms with E-state index in [4.69, 9.17) is 5.11 Å². The van der Waals surface area contributed by atoms with E-state index in [1.165, 1.54) is 11.5 Å². The first-order chi connectivity index (χ1) is 8.51. The lowest BCUT2D eigenvalue weighted by Gasteiger charge is -2.13. The number of hydrogen-bond acceptors (Lipinski definition) is 5. The predicted octanol–water partition coefficient (Wildman–Crippen LogP) is 1.48. The molecule has 1 amide bonds. The molecule has 100 valence electrons. The SMILES string of the molecule is CCCC(NC(=O)c1c(C)nsc1NC)C(=O)O. The van der Waals surface area contributed by atoms with Crippen molar-refractivity contribution < 1.29 is 14.7 Å². The fourth-order valence-electron chi connectivity index (χ4n) is 1.58. The van der Waals surface area contributed by atoms with Gasteiger partial charge in [0.05, 0.1) is 11.3 Å². The van der Waals surface area contributed by atoms with Gasteiger partial charge < -0.3 is 15.7 Å². The molecule has 0 bridgehead atoms. The van der Waals surface area contributed by atoms with Crippen molar-refractivity contribution in [2.75, 3.05) is 12.4 Å². The standard InChI is InChI=1S/C11H17N3O3S/c1-4-5-7(11(16)17)13-9(15)8-6(2)14-18-10(8)12-3/h7,12H,4-5H2,1-3H3,(H,13,15)(H,16,17). The largest absolute Gasteiger partial charge is 0.480 e. The first-order valence-electron chi connectivity index (χ1n) is 5.68. The molecule has 0 spiro atoms. The first-order valence-corrected chi connectivity index (χ1v) is 6.46. The van der Waals surface area contributed by atoms with Crippen LogP contribution in [0.3, 0.4) is 0 Å². The molecule has 7 heteroatoms. The van der Waals surface area contributed by atoms with E-state index in [1.807, 2.05) is 6.92 Å². The second-order valence-electron chi connectivity index (χ2n) is 3.88. The minimum absolute atomic E-state index is 0.397. The predicted molar refractivity (Wildman–Crippen MR) is 70.2 cm³/mol. The number of aryl methyl sites for hydroxylation is 1. The molecular weight excluding hydrogens is 254 g/mol. The number of aliphatic carboxylic acids is 1. The van der Waals surface area contributed by atoms with Crippen LogP contribution < -0.4 is 10.6 Å². The third-order valence-corrected chi connectivity index (χ3v) is 3.45. The topological polar surface area (TPSA) is 91.3 Å². The Balaban J connectivity index is 2.86. The molecule has 1 aromatic rings. The Bertz CT molecular complexity index is 445. The maximum atomic E-state index is 12.0. The van der Waals surface area contributed by atoms with Crippen LogP contribution in [0.2, 0.25) is 0 Å². The van der Waals surface area contributed by atoms with Gasteiger partial charge in [-0.05, 0) is 24.9 Å². The molecule has 1 aromatic heterocycles. The van der Waals surface area contributed by atoms with Crippen molar-refractivity contribution in [3.63, 3.8) is 0 Å². The number of aromatic nitrogens is 1. The normalized spacial score (nSPS) is 11.9. The zero-order chi connectivity index (χ0) is 13.7. The highest BCUT2D eigenvalue weighted by molar-refractivity contribution is 7.10. The second-order valence-corrected chi connectivity index (χ2v) is 4.65. The quantitative estimate of drug-likeness (QED) is 0.729. The number of amides is 1. The Morgan fingerprint density at radius 3 is 2.67 bits per heavy atom. The number of anilines is 1. The lowest BCUT2D eigenvalue weighted by molar-refractivity contribution is -0.139. The summed E-state index contributed by atoms with van der Waals surface area (Å²) in [4.78, 5) is 23.0. The van der Waals surface area contributed by atoms with Crippen LogP contribution in [0.5, 0.6) is 0 Å². The molecule has 3 N–H and O–H groups in total. The monoisotopic (exact) mass is 271 g/mol. The number of nitrogens with one attached hydrogen (secondary N) is 2. The summed E-state index contributed by atoms with van der Waals surface area (Å²) in [7, 11) is 1.70. The van der Waals surface area contributed by atoms with Crippen LogP contribution in [0, 0.1) is 6.92 Å². The zero-order valence-corrected chi connectivity index (χ0v) is 11.4. The Hall–Kier alpha value is -1.63. The minimum Gasteiger partial charge on any atom is -0.480 e. The average Bonchev–Trinajstić information content (AvgIpc) is 2.69. The van der Waals surface area contributed by atoms with Gasteiger partial charge in [0, 0.05) is 7.05 Å². The molecule has 1 unspecified atom stereocenters. The number of carboxylic acid groups (broad SMARTS) is 1. The summed E-state index contributed by atoms with van der Waals surface area (Å²) in [6.45, 7) is 3.60. The molecule has 1 atom stereocenters. The van der Waals surface area contributed by atoms with Crippen LogP contribution in [0.15, 0.2) is 0 Å². The first kappa shape index (κ1) is 14.4. The number of hydrogen-bond donors (Lipinski definition) is 3. The molecule has 0 saturated heterocycles. The molecule has 0 radical (unpaired) electrons. The molecule has 0 aliphatic carbocycles. The number of carbonyl (C=O) groups is 2. The molecule has 0 saturated carbocycles. The van der Waals surface area contributed by atoms with Gasteiger partial charge in [-0.2, -0.15) is 4.37 Å². The molecule has 0 aliphatic heterocycles. The molecule has 18 heavy (non-hydrogen) atoms. The fraction of sp³-hybridized carbons (Fsp3) is 0.545. The van der Waals surface area contributed by atoms with Gasteiger partial charge in [0.2, 0.25) is 0 Å². The molecule has 1 rings (SSSR count). The van der Waals surface area contributed by atoms with Crippen molar-refractivity contribution in [3.8, 4) is 0 Å². The van der Waals surface area contributed by atoms with E-state index in [9.17, 15) is 9.59 Å². The van der Waals surface area contributed by atoms with Crippen molar-refractivity contribution in [3.05, 3.63) is 11.3 Å². The summed E-state index contributed by atoms with van der Waals surface area (Å²) in [6, 6.07) is -0.855. The van der Waals surface area contributed by atoms with Gasteiger partial charge >= 0.3 is 5.97 Å². The molecule has 6 nitrogen and oxygen atoms in total. The van der Waals surface area contributed by atoms with Crippen molar-refractivity contribution in [1.29, 1.82) is 0 Å². The van der Waals surface area contributed by atoms with E-state index >= 15 is 0 Å².